The lowest BCUT2D eigenvalue weighted by atomic mass is 9.94. The van der Waals surface area contributed by atoms with Crippen LogP contribution in [0.2, 0.25) is 0 Å². The molecular weight excluding hydrogens is 375 g/mol. The summed E-state index contributed by atoms with van der Waals surface area (Å²) in [5.41, 5.74) is -1.54. The maximum atomic E-state index is 15.0. The molecular formula is C20H22F3NO4. The molecule has 0 radical (unpaired) electrons. The van der Waals surface area contributed by atoms with E-state index in [0.29, 0.717) is 12.8 Å². The molecule has 152 valence electrons. The Kier molecular flexibility index (Phi) is 5.96. The first kappa shape index (κ1) is 20.2. The molecule has 1 fully saturated rings. The van der Waals surface area contributed by atoms with E-state index in [1.165, 1.54) is 6.07 Å². The number of hydrogen-bond acceptors (Lipinski definition) is 4. The van der Waals surface area contributed by atoms with Crippen LogP contribution in [0.4, 0.5) is 13.2 Å². The van der Waals surface area contributed by atoms with Crippen LogP contribution in [0.25, 0.3) is 0 Å². The van der Waals surface area contributed by atoms with Crippen LogP contribution in [0.1, 0.15) is 39.0 Å². The Bertz CT molecular complexity index is 769. The van der Waals surface area contributed by atoms with Gasteiger partial charge in [-0.1, -0.05) is 18.9 Å². The third-order valence-corrected chi connectivity index (χ3v) is 5.04. The molecule has 2 aliphatic rings. The molecule has 1 amide bonds. The standard InChI is InChI=1S/C20H22F3NO4/c1-2-27-19(26)16(11-20(23)8-3-4-9-20)24-12-13(10-17(24)25)28-18-14(21)6-5-7-15(18)22/h5-7,10,16H,2-4,8-9,11-12H2,1H3. The second kappa shape index (κ2) is 8.24. The van der Waals surface area contributed by atoms with Crippen molar-refractivity contribution < 1.29 is 32.2 Å². The van der Waals surface area contributed by atoms with Crippen LogP contribution < -0.4 is 4.74 Å². The zero-order valence-corrected chi connectivity index (χ0v) is 15.6. The van der Waals surface area contributed by atoms with Crippen LogP contribution in [-0.4, -0.2) is 41.6 Å². The van der Waals surface area contributed by atoms with Gasteiger partial charge in [-0.05, 0) is 31.9 Å². The number of halogens is 3. The number of hydrogen-bond donors (Lipinski definition) is 0. The fraction of sp³-hybridized carbons (Fsp3) is 0.500. The van der Waals surface area contributed by atoms with Crippen molar-refractivity contribution in [2.75, 3.05) is 13.2 Å². The monoisotopic (exact) mass is 397 g/mol. The summed E-state index contributed by atoms with van der Waals surface area (Å²) in [5, 5.41) is 0. The molecule has 1 aliphatic carbocycles. The summed E-state index contributed by atoms with van der Waals surface area (Å²) in [7, 11) is 0. The molecule has 1 heterocycles. The average Bonchev–Trinajstić information content (AvgIpc) is 3.22. The quantitative estimate of drug-likeness (QED) is 0.659. The van der Waals surface area contributed by atoms with Crippen molar-refractivity contribution in [2.45, 2.75) is 50.7 Å². The van der Waals surface area contributed by atoms with Crippen LogP contribution in [0, 0.1) is 11.6 Å². The lowest BCUT2D eigenvalue weighted by molar-refractivity contribution is -0.154. The Morgan fingerprint density at radius 2 is 1.89 bits per heavy atom. The maximum absolute atomic E-state index is 15.0. The zero-order chi connectivity index (χ0) is 20.3. The van der Waals surface area contributed by atoms with Gasteiger partial charge in [-0.3, -0.25) is 4.79 Å². The predicted molar refractivity (Wildman–Crippen MR) is 94.1 cm³/mol. The highest BCUT2D eigenvalue weighted by Gasteiger charge is 2.43. The minimum Gasteiger partial charge on any atom is -0.464 e. The van der Waals surface area contributed by atoms with E-state index in [1.54, 1.807) is 6.92 Å². The van der Waals surface area contributed by atoms with Crippen LogP contribution in [0.15, 0.2) is 30.0 Å². The minimum atomic E-state index is -1.54. The van der Waals surface area contributed by atoms with Gasteiger partial charge in [0.1, 0.15) is 17.5 Å². The number of alkyl halides is 1. The highest BCUT2D eigenvalue weighted by atomic mass is 19.1. The van der Waals surface area contributed by atoms with E-state index < -0.39 is 41.0 Å². The van der Waals surface area contributed by atoms with Crippen LogP contribution in [0.5, 0.6) is 5.75 Å². The number of esters is 1. The van der Waals surface area contributed by atoms with Crippen LogP contribution >= 0.6 is 0 Å². The smallest absolute Gasteiger partial charge is 0.328 e. The van der Waals surface area contributed by atoms with Crippen molar-refractivity contribution in [3.05, 3.63) is 41.7 Å². The van der Waals surface area contributed by atoms with E-state index in [-0.39, 0.29) is 25.3 Å². The molecule has 1 aliphatic heterocycles. The lowest BCUT2D eigenvalue weighted by Gasteiger charge is -2.31. The fourth-order valence-electron chi connectivity index (χ4n) is 3.67. The topological polar surface area (TPSA) is 55.8 Å². The third-order valence-electron chi connectivity index (χ3n) is 5.04. The first-order valence-electron chi connectivity index (χ1n) is 9.31. The molecule has 1 saturated carbocycles. The Labute approximate surface area is 161 Å². The van der Waals surface area contributed by atoms with Crippen molar-refractivity contribution in [1.82, 2.24) is 4.90 Å². The van der Waals surface area contributed by atoms with Crippen molar-refractivity contribution in [1.29, 1.82) is 0 Å². The van der Waals surface area contributed by atoms with Gasteiger partial charge in [0.15, 0.2) is 17.4 Å². The van der Waals surface area contributed by atoms with E-state index in [4.69, 9.17) is 9.47 Å². The fourth-order valence-corrected chi connectivity index (χ4v) is 3.67. The molecule has 0 spiro atoms. The first-order chi connectivity index (χ1) is 13.3. The molecule has 8 heteroatoms. The maximum Gasteiger partial charge on any atom is 0.328 e. The first-order valence-corrected chi connectivity index (χ1v) is 9.31. The summed E-state index contributed by atoms with van der Waals surface area (Å²) in [4.78, 5) is 26.0. The van der Waals surface area contributed by atoms with E-state index >= 15 is 4.39 Å². The largest absolute Gasteiger partial charge is 0.464 e. The molecule has 1 aromatic carbocycles. The SMILES string of the molecule is CCOC(=O)C(CC1(F)CCCC1)N1CC(Oc2c(F)cccc2F)=CC1=O. The summed E-state index contributed by atoms with van der Waals surface area (Å²) in [6.07, 6.45) is 2.97. The summed E-state index contributed by atoms with van der Waals surface area (Å²) in [6.45, 7) is 1.51. The summed E-state index contributed by atoms with van der Waals surface area (Å²) in [5.74, 6) is -3.78. The Hall–Kier alpha value is -2.51. The van der Waals surface area contributed by atoms with E-state index in [0.717, 1.165) is 36.0 Å². The van der Waals surface area contributed by atoms with Crippen molar-refractivity contribution in [3.8, 4) is 5.75 Å². The molecule has 0 aromatic heterocycles. The number of carbonyl (C=O) groups is 2. The second-order valence-electron chi connectivity index (χ2n) is 7.06. The highest BCUT2D eigenvalue weighted by Crippen LogP contribution is 2.39. The highest BCUT2D eigenvalue weighted by molar-refractivity contribution is 5.94. The van der Waals surface area contributed by atoms with Gasteiger partial charge in [0, 0.05) is 12.5 Å². The Balaban J connectivity index is 1.77. The number of nitrogens with zero attached hydrogens (tertiary/aromatic N) is 1. The van der Waals surface area contributed by atoms with E-state index in [9.17, 15) is 18.4 Å². The molecule has 1 unspecified atom stereocenters. The number of ether oxygens (including phenoxy) is 2. The van der Waals surface area contributed by atoms with Crippen molar-refractivity contribution in [2.24, 2.45) is 0 Å². The van der Waals surface area contributed by atoms with Crippen molar-refractivity contribution >= 4 is 11.9 Å². The molecule has 1 aromatic rings. The Morgan fingerprint density at radius 3 is 2.50 bits per heavy atom. The van der Waals surface area contributed by atoms with Gasteiger partial charge >= 0.3 is 5.97 Å². The Morgan fingerprint density at radius 1 is 1.25 bits per heavy atom. The minimum absolute atomic E-state index is 0.0253. The number of carbonyl (C=O) groups excluding carboxylic acids is 2. The second-order valence-corrected chi connectivity index (χ2v) is 7.06. The lowest BCUT2D eigenvalue weighted by Crippen LogP contribution is -2.47. The molecule has 3 rings (SSSR count). The average molecular weight is 397 g/mol. The number of rotatable bonds is 7. The van der Waals surface area contributed by atoms with Gasteiger partial charge < -0.3 is 14.4 Å². The van der Waals surface area contributed by atoms with Gasteiger partial charge in [-0.15, -0.1) is 0 Å². The van der Waals surface area contributed by atoms with E-state index in [2.05, 4.69) is 0 Å². The van der Waals surface area contributed by atoms with Crippen LogP contribution in [0.3, 0.4) is 0 Å². The normalized spacial score (nSPS) is 19.5. The zero-order valence-electron chi connectivity index (χ0n) is 15.6. The van der Waals surface area contributed by atoms with Crippen molar-refractivity contribution in [3.63, 3.8) is 0 Å². The molecule has 0 N–H and O–H groups in total. The molecule has 0 saturated heterocycles. The van der Waals surface area contributed by atoms with Gasteiger partial charge in [0.05, 0.1) is 13.2 Å². The predicted octanol–water partition coefficient (Wildman–Crippen LogP) is 3.67. The summed E-state index contributed by atoms with van der Waals surface area (Å²) >= 11 is 0. The van der Waals surface area contributed by atoms with E-state index in [1.807, 2.05) is 0 Å². The summed E-state index contributed by atoms with van der Waals surface area (Å²) in [6, 6.07) is 2.12. The third kappa shape index (κ3) is 4.31. The van der Waals surface area contributed by atoms with Crippen LogP contribution in [-0.2, 0) is 14.3 Å². The number of para-hydroxylation sites is 1. The summed E-state index contributed by atoms with van der Waals surface area (Å²) < 4.78 is 52.8. The number of amides is 1. The molecule has 1 atom stereocenters. The van der Waals surface area contributed by atoms with Gasteiger partial charge in [-0.2, -0.15) is 0 Å². The van der Waals surface area contributed by atoms with Gasteiger partial charge in [0.25, 0.3) is 5.91 Å². The number of benzene rings is 1. The van der Waals surface area contributed by atoms with Gasteiger partial charge in [-0.25, -0.2) is 18.0 Å². The molecule has 0 bridgehead atoms. The van der Waals surface area contributed by atoms with Gasteiger partial charge in [0.2, 0.25) is 0 Å². The molecule has 5 nitrogen and oxygen atoms in total. The molecule has 28 heavy (non-hydrogen) atoms.